The largest absolute Gasteiger partial charge is 0.247 e. The van der Waals surface area contributed by atoms with Crippen LogP contribution in [-0.4, -0.2) is 11.5 Å². The molecule has 0 aromatic rings. The van der Waals surface area contributed by atoms with E-state index in [1.807, 2.05) is 0 Å². The molecule has 0 aliphatic carbocycles. The molecule has 0 rings (SSSR count). The van der Waals surface area contributed by atoms with E-state index in [9.17, 15) is 4.39 Å². The molecular formula is C7H14BrF. The highest BCUT2D eigenvalue weighted by Gasteiger charge is 2.04. The van der Waals surface area contributed by atoms with E-state index in [0.29, 0.717) is 17.7 Å². The molecule has 0 aromatic carbocycles. The molecule has 0 saturated carbocycles. The van der Waals surface area contributed by atoms with Gasteiger partial charge in [0.2, 0.25) is 0 Å². The highest BCUT2D eigenvalue weighted by atomic mass is 79.9. The molecular weight excluding hydrogens is 183 g/mol. The van der Waals surface area contributed by atoms with Crippen molar-refractivity contribution in [1.82, 2.24) is 0 Å². The maximum absolute atomic E-state index is 12.4. The van der Waals surface area contributed by atoms with Crippen LogP contribution in [0.2, 0.25) is 0 Å². The minimum Gasteiger partial charge on any atom is -0.247 e. The van der Waals surface area contributed by atoms with Gasteiger partial charge < -0.3 is 0 Å². The van der Waals surface area contributed by atoms with E-state index in [-0.39, 0.29) is 0 Å². The Bertz CT molecular complexity index is 63.9. The molecule has 0 aliphatic rings. The van der Waals surface area contributed by atoms with Crippen LogP contribution in [0.5, 0.6) is 0 Å². The Kier molecular flexibility index (Phi) is 5.45. The lowest BCUT2D eigenvalue weighted by atomic mass is 10.1. The number of alkyl halides is 2. The van der Waals surface area contributed by atoms with Crippen LogP contribution in [0.3, 0.4) is 0 Å². The minimum absolute atomic E-state index is 0.486. The van der Waals surface area contributed by atoms with Gasteiger partial charge in [-0.1, -0.05) is 29.8 Å². The van der Waals surface area contributed by atoms with E-state index in [1.54, 1.807) is 0 Å². The van der Waals surface area contributed by atoms with Gasteiger partial charge in [0.25, 0.3) is 0 Å². The van der Waals surface area contributed by atoms with Gasteiger partial charge >= 0.3 is 0 Å². The van der Waals surface area contributed by atoms with Crippen LogP contribution in [0.4, 0.5) is 4.39 Å². The van der Waals surface area contributed by atoms with Gasteiger partial charge in [0.05, 0.1) is 0 Å². The molecule has 0 radical (unpaired) electrons. The lowest BCUT2D eigenvalue weighted by Gasteiger charge is -2.05. The number of halogens is 2. The smallest absolute Gasteiger partial charge is 0.110 e. The Balaban J connectivity index is 3.06. The second-order valence-corrected chi connectivity index (χ2v) is 3.37. The summed E-state index contributed by atoms with van der Waals surface area (Å²) in [5.74, 6) is 0.627. The Hall–Kier alpha value is 0.410. The average molecular weight is 197 g/mol. The summed E-state index contributed by atoms with van der Waals surface area (Å²) in [7, 11) is 0. The fourth-order valence-corrected chi connectivity index (χ4v) is 0.915. The van der Waals surface area contributed by atoms with E-state index in [1.165, 1.54) is 0 Å². The molecule has 9 heavy (non-hydrogen) atoms. The van der Waals surface area contributed by atoms with Crippen LogP contribution in [0.1, 0.15) is 26.7 Å². The third-order valence-electron chi connectivity index (χ3n) is 1.22. The zero-order valence-corrected chi connectivity index (χ0v) is 7.62. The van der Waals surface area contributed by atoms with Crippen molar-refractivity contribution in [1.29, 1.82) is 0 Å². The monoisotopic (exact) mass is 196 g/mol. The number of rotatable bonds is 4. The molecule has 0 aliphatic heterocycles. The third kappa shape index (κ3) is 6.29. The first kappa shape index (κ1) is 9.41. The summed E-state index contributed by atoms with van der Waals surface area (Å²) in [5, 5.41) is 0.486. The molecule has 1 atom stereocenters. The molecule has 0 spiro atoms. The SMILES string of the molecule is CC(C)CC[C@@H](F)CBr. The zero-order valence-electron chi connectivity index (χ0n) is 6.03. The maximum atomic E-state index is 12.4. The molecule has 0 fully saturated rings. The average Bonchev–Trinajstić information content (AvgIpc) is 1.83. The molecule has 0 unspecified atom stereocenters. The fourth-order valence-electron chi connectivity index (χ4n) is 0.591. The summed E-state index contributed by atoms with van der Waals surface area (Å²) in [6, 6.07) is 0. The molecule has 2 heteroatoms. The van der Waals surface area contributed by atoms with Crippen LogP contribution in [0, 0.1) is 5.92 Å². The van der Waals surface area contributed by atoms with Crippen molar-refractivity contribution in [2.45, 2.75) is 32.9 Å². The van der Waals surface area contributed by atoms with Gasteiger partial charge in [-0.05, 0) is 18.8 Å². The van der Waals surface area contributed by atoms with E-state index >= 15 is 0 Å². The minimum atomic E-state index is -0.646. The highest BCUT2D eigenvalue weighted by Crippen LogP contribution is 2.10. The van der Waals surface area contributed by atoms with E-state index < -0.39 is 6.17 Å². The zero-order chi connectivity index (χ0) is 7.28. The van der Waals surface area contributed by atoms with E-state index in [0.717, 1.165) is 6.42 Å². The molecule has 0 nitrogen and oxygen atoms in total. The molecule has 0 amide bonds. The van der Waals surface area contributed by atoms with Crippen molar-refractivity contribution in [3.8, 4) is 0 Å². The van der Waals surface area contributed by atoms with Crippen molar-refractivity contribution < 1.29 is 4.39 Å². The molecule has 0 saturated heterocycles. The summed E-state index contributed by atoms with van der Waals surface area (Å²) in [6.07, 6.45) is 1.04. The molecule has 0 aromatic heterocycles. The van der Waals surface area contributed by atoms with Gasteiger partial charge in [0.15, 0.2) is 0 Å². The first-order chi connectivity index (χ1) is 4.16. The Morgan fingerprint density at radius 3 is 2.22 bits per heavy atom. The van der Waals surface area contributed by atoms with Gasteiger partial charge in [-0.15, -0.1) is 0 Å². The summed E-state index contributed by atoms with van der Waals surface area (Å²) in [6.45, 7) is 4.22. The van der Waals surface area contributed by atoms with Crippen molar-refractivity contribution in [2.75, 3.05) is 5.33 Å². The van der Waals surface area contributed by atoms with Gasteiger partial charge in [-0.25, -0.2) is 4.39 Å². The van der Waals surface area contributed by atoms with Gasteiger partial charge in [0.1, 0.15) is 6.17 Å². The quantitative estimate of drug-likeness (QED) is 0.607. The van der Waals surface area contributed by atoms with Crippen LogP contribution in [-0.2, 0) is 0 Å². The highest BCUT2D eigenvalue weighted by molar-refractivity contribution is 9.09. The normalized spacial score (nSPS) is 14.3. The third-order valence-corrected chi connectivity index (χ3v) is 1.93. The first-order valence-corrected chi connectivity index (χ1v) is 4.49. The molecule has 0 heterocycles. The predicted molar refractivity (Wildman–Crippen MR) is 42.8 cm³/mol. The predicted octanol–water partition coefficient (Wildman–Crippen LogP) is 3.16. The Labute approximate surface area is 65.0 Å². The van der Waals surface area contributed by atoms with Crippen molar-refractivity contribution in [3.63, 3.8) is 0 Å². The second-order valence-electron chi connectivity index (χ2n) is 2.72. The fraction of sp³-hybridized carbons (Fsp3) is 1.00. The molecule has 0 N–H and O–H groups in total. The van der Waals surface area contributed by atoms with Crippen LogP contribution < -0.4 is 0 Å². The first-order valence-electron chi connectivity index (χ1n) is 3.36. The summed E-state index contributed by atoms with van der Waals surface area (Å²) >= 11 is 3.09. The van der Waals surface area contributed by atoms with Gasteiger partial charge in [-0.2, -0.15) is 0 Å². The number of hydrogen-bond acceptors (Lipinski definition) is 0. The summed E-state index contributed by atoms with van der Waals surface area (Å²) in [5.41, 5.74) is 0. The topological polar surface area (TPSA) is 0 Å². The van der Waals surface area contributed by atoms with Crippen molar-refractivity contribution in [2.24, 2.45) is 5.92 Å². The Morgan fingerprint density at radius 2 is 1.89 bits per heavy atom. The van der Waals surface area contributed by atoms with Gasteiger partial charge in [-0.3, -0.25) is 0 Å². The second kappa shape index (κ2) is 5.21. The molecule has 0 bridgehead atoms. The van der Waals surface area contributed by atoms with E-state index in [4.69, 9.17) is 0 Å². The molecule has 56 valence electrons. The van der Waals surface area contributed by atoms with Gasteiger partial charge in [0, 0.05) is 5.33 Å². The standard InChI is InChI=1S/C7H14BrF/c1-6(2)3-4-7(9)5-8/h6-7H,3-5H2,1-2H3/t7-/m1/s1. The van der Waals surface area contributed by atoms with Crippen molar-refractivity contribution >= 4 is 15.9 Å². The lowest BCUT2D eigenvalue weighted by molar-refractivity contribution is 0.325. The van der Waals surface area contributed by atoms with Crippen LogP contribution in [0.25, 0.3) is 0 Å². The van der Waals surface area contributed by atoms with Crippen LogP contribution >= 0.6 is 15.9 Å². The van der Waals surface area contributed by atoms with Crippen molar-refractivity contribution in [3.05, 3.63) is 0 Å². The maximum Gasteiger partial charge on any atom is 0.110 e. The number of hydrogen-bond donors (Lipinski definition) is 0. The summed E-state index contributed by atoms with van der Waals surface area (Å²) in [4.78, 5) is 0. The Morgan fingerprint density at radius 1 is 1.33 bits per heavy atom. The summed E-state index contributed by atoms with van der Waals surface area (Å²) < 4.78 is 12.4. The lowest BCUT2D eigenvalue weighted by Crippen LogP contribution is -2.02. The van der Waals surface area contributed by atoms with Crippen LogP contribution in [0.15, 0.2) is 0 Å². The van der Waals surface area contributed by atoms with E-state index in [2.05, 4.69) is 29.8 Å².